The van der Waals surface area contributed by atoms with E-state index in [1.165, 1.54) is 6.07 Å². The lowest BCUT2D eigenvalue weighted by Gasteiger charge is -2.16. The van der Waals surface area contributed by atoms with Crippen molar-refractivity contribution in [2.24, 2.45) is 7.05 Å². The molecule has 1 aromatic heterocycles. The third-order valence-corrected chi connectivity index (χ3v) is 2.90. The van der Waals surface area contributed by atoms with Crippen LogP contribution >= 0.6 is 0 Å². The number of halogens is 1. The van der Waals surface area contributed by atoms with Gasteiger partial charge in [0.05, 0.1) is 6.04 Å². The van der Waals surface area contributed by atoms with Gasteiger partial charge in [0.25, 0.3) is 0 Å². The van der Waals surface area contributed by atoms with Gasteiger partial charge in [-0.2, -0.15) is 0 Å². The summed E-state index contributed by atoms with van der Waals surface area (Å²) in [4.78, 5) is 4.29. The minimum atomic E-state index is -0.165. The number of nitrogens with zero attached hydrogens (tertiary/aromatic N) is 2. The van der Waals surface area contributed by atoms with Crippen LogP contribution in [0.25, 0.3) is 0 Å². The van der Waals surface area contributed by atoms with Crippen molar-refractivity contribution in [1.29, 1.82) is 0 Å². The van der Waals surface area contributed by atoms with Crippen LogP contribution in [0.5, 0.6) is 0 Å². The predicted octanol–water partition coefficient (Wildman–Crippen LogP) is 2.06. The molecule has 1 unspecified atom stereocenters. The number of imidazole rings is 1. The quantitative estimate of drug-likeness (QED) is 0.876. The Morgan fingerprint density at radius 2 is 2.18 bits per heavy atom. The molecule has 2 rings (SSSR count). The van der Waals surface area contributed by atoms with E-state index in [0.717, 1.165) is 5.82 Å². The number of hydrogen-bond acceptors (Lipinski definition) is 2. The number of benzene rings is 1. The summed E-state index contributed by atoms with van der Waals surface area (Å²) >= 11 is 0. The Morgan fingerprint density at radius 3 is 2.76 bits per heavy atom. The summed E-state index contributed by atoms with van der Waals surface area (Å²) in [5.41, 5.74) is 0.704. The highest BCUT2D eigenvalue weighted by Crippen LogP contribution is 2.18. The predicted molar refractivity (Wildman–Crippen MR) is 65.1 cm³/mol. The Morgan fingerprint density at radius 1 is 1.41 bits per heavy atom. The molecule has 0 amide bonds. The lowest BCUT2D eigenvalue weighted by molar-refractivity contribution is 0.519. The van der Waals surface area contributed by atoms with Crippen LogP contribution in [-0.2, 0) is 13.5 Å². The van der Waals surface area contributed by atoms with Gasteiger partial charge in [-0.3, -0.25) is 0 Å². The summed E-state index contributed by atoms with van der Waals surface area (Å²) in [7, 11) is 3.80. The van der Waals surface area contributed by atoms with Crippen LogP contribution in [0.2, 0.25) is 0 Å². The summed E-state index contributed by atoms with van der Waals surface area (Å²) in [6.45, 7) is 0. The van der Waals surface area contributed by atoms with E-state index < -0.39 is 0 Å². The molecule has 1 aromatic carbocycles. The van der Waals surface area contributed by atoms with Crippen molar-refractivity contribution >= 4 is 0 Å². The summed E-state index contributed by atoms with van der Waals surface area (Å²) in [5.74, 6) is 0.748. The molecule has 0 spiro atoms. The van der Waals surface area contributed by atoms with Crippen molar-refractivity contribution in [2.75, 3.05) is 7.05 Å². The topological polar surface area (TPSA) is 29.9 Å². The van der Waals surface area contributed by atoms with E-state index in [0.29, 0.717) is 12.0 Å². The maximum Gasteiger partial charge on any atom is 0.126 e. The number of nitrogens with one attached hydrogen (secondary N) is 1. The third-order valence-electron chi connectivity index (χ3n) is 2.90. The Bertz CT molecular complexity index is 493. The van der Waals surface area contributed by atoms with E-state index in [4.69, 9.17) is 0 Å². The second-order valence-corrected chi connectivity index (χ2v) is 4.03. The minimum absolute atomic E-state index is 0.0203. The average molecular weight is 233 g/mol. The minimum Gasteiger partial charge on any atom is -0.337 e. The Hall–Kier alpha value is -1.68. The SMILES string of the molecule is CNC(Cc1ccccc1F)c1nccn1C. The van der Waals surface area contributed by atoms with Crippen LogP contribution in [0.15, 0.2) is 36.7 Å². The summed E-state index contributed by atoms with van der Waals surface area (Å²) < 4.78 is 15.5. The standard InChI is InChI=1S/C13H16FN3/c1-15-12(13-16-7-8-17(13)2)9-10-5-3-4-6-11(10)14/h3-8,12,15H,9H2,1-2H3. The van der Waals surface area contributed by atoms with Crippen LogP contribution in [0.1, 0.15) is 17.4 Å². The summed E-state index contributed by atoms with van der Waals surface area (Å²) in [6, 6.07) is 6.87. The van der Waals surface area contributed by atoms with Gasteiger partial charge in [-0.1, -0.05) is 18.2 Å². The number of aryl methyl sites for hydroxylation is 1. The molecule has 1 heterocycles. The van der Waals surface area contributed by atoms with Gasteiger partial charge in [0, 0.05) is 19.4 Å². The lowest BCUT2D eigenvalue weighted by atomic mass is 10.0. The summed E-state index contributed by atoms with van der Waals surface area (Å²) in [5, 5.41) is 3.17. The Balaban J connectivity index is 2.22. The van der Waals surface area contributed by atoms with Gasteiger partial charge >= 0.3 is 0 Å². The molecular formula is C13H16FN3. The first-order valence-electron chi connectivity index (χ1n) is 5.60. The smallest absolute Gasteiger partial charge is 0.126 e. The van der Waals surface area contributed by atoms with Gasteiger partial charge in [-0.15, -0.1) is 0 Å². The Kier molecular flexibility index (Phi) is 3.54. The van der Waals surface area contributed by atoms with E-state index in [1.807, 2.05) is 37.0 Å². The van der Waals surface area contributed by atoms with E-state index in [9.17, 15) is 4.39 Å². The fourth-order valence-corrected chi connectivity index (χ4v) is 1.92. The first kappa shape index (κ1) is 11.8. The molecule has 0 bridgehead atoms. The van der Waals surface area contributed by atoms with Gasteiger partial charge in [0.15, 0.2) is 0 Å². The number of hydrogen-bond donors (Lipinski definition) is 1. The van der Waals surface area contributed by atoms with Crippen LogP contribution in [-0.4, -0.2) is 16.6 Å². The van der Waals surface area contributed by atoms with E-state index in [1.54, 1.807) is 12.3 Å². The molecule has 0 radical (unpaired) electrons. The van der Waals surface area contributed by atoms with Gasteiger partial charge in [0.1, 0.15) is 11.6 Å². The van der Waals surface area contributed by atoms with Crippen molar-refractivity contribution in [2.45, 2.75) is 12.5 Å². The molecule has 17 heavy (non-hydrogen) atoms. The molecule has 90 valence electrons. The molecule has 3 nitrogen and oxygen atoms in total. The molecule has 0 saturated carbocycles. The molecule has 1 N–H and O–H groups in total. The molecule has 4 heteroatoms. The van der Waals surface area contributed by atoms with E-state index in [2.05, 4.69) is 10.3 Å². The maximum absolute atomic E-state index is 13.6. The molecular weight excluding hydrogens is 217 g/mol. The molecule has 0 fully saturated rings. The number of aromatic nitrogens is 2. The zero-order valence-corrected chi connectivity index (χ0v) is 10.0. The highest BCUT2D eigenvalue weighted by atomic mass is 19.1. The highest BCUT2D eigenvalue weighted by molar-refractivity contribution is 5.19. The molecule has 0 saturated heterocycles. The monoisotopic (exact) mass is 233 g/mol. The van der Waals surface area contributed by atoms with Crippen molar-refractivity contribution in [3.63, 3.8) is 0 Å². The normalized spacial score (nSPS) is 12.6. The van der Waals surface area contributed by atoms with Crippen molar-refractivity contribution in [1.82, 2.24) is 14.9 Å². The number of rotatable bonds is 4. The molecule has 0 aliphatic heterocycles. The lowest BCUT2D eigenvalue weighted by Crippen LogP contribution is -2.22. The number of likely N-dealkylation sites (N-methyl/N-ethyl adjacent to an activating group) is 1. The van der Waals surface area contributed by atoms with Crippen LogP contribution in [0.4, 0.5) is 4.39 Å². The molecule has 1 atom stereocenters. The fourth-order valence-electron chi connectivity index (χ4n) is 1.92. The van der Waals surface area contributed by atoms with Gasteiger partial charge < -0.3 is 9.88 Å². The Labute approximate surface area is 100 Å². The zero-order valence-electron chi connectivity index (χ0n) is 10.0. The third kappa shape index (κ3) is 2.53. The maximum atomic E-state index is 13.6. The zero-order chi connectivity index (χ0) is 12.3. The van der Waals surface area contributed by atoms with Gasteiger partial charge in [-0.05, 0) is 25.1 Å². The molecule has 0 aliphatic carbocycles. The van der Waals surface area contributed by atoms with Gasteiger partial charge in [-0.25, -0.2) is 9.37 Å². The van der Waals surface area contributed by atoms with Gasteiger partial charge in [0.2, 0.25) is 0 Å². The van der Waals surface area contributed by atoms with Crippen LogP contribution in [0.3, 0.4) is 0 Å². The van der Waals surface area contributed by atoms with Crippen molar-refractivity contribution < 1.29 is 4.39 Å². The highest BCUT2D eigenvalue weighted by Gasteiger charge is 2.15. The van der Waals surface area contributed by atoms with E-state index in [-0.39, 0.29) is 11.9 Å². The van der Waals surface area contributed by atoms with E-state index >= 15 is 0 Å². The first-order chi connectivity index (χ1) is 8.22. The fraction of sp³-hybridized carbons (Fsp3) is 0.308. The van der Waals surface area contributed by atoms with Crippen molar-refractivity contribution in [3.05, 3.63) is 53.9 Å². The second-order valence-electron chi connectivity index (χ2n) is 4.03. The summed E-state index contributed by atoms with van der Waals surface area (Å²) in [6.07, 6.45) is 4.23. The average Bonchev–Trinajstić information content (AvgIpc) is 2.75. The second kappa shape index (κ2) is 5.10. The van der Waals surface area contributed by atoms with Crippen LogP contribution in [0, 0.1) is 5.82 Å². The molecule has 0 aliphatic rings. The van der Waals surface area contributed by atoms with Crippen LogP contribution < -0.4 is 5.32 Å². The van der Waals surface area contributed by atoms with Crippen molar-refractivity contribution in [3.8, 4) is 0 Å². The molecule has 2 aromatic rings. The first-order valence-corrected chi connectivity index (χ1v) is 5.60. The largest absolute Gasteiger partial charge is 0.337 e.